The highest BCUT2D eigenvalue weighted by Gasteiger charge is 2.23. The van der Waals surface area contributed by atoms with E-state index >= 15 is 0 Å². The lowest BCUT2D eigenvalue weighted by atomic mass is 10.1. The summed E-state index contributed by atoms with van der Waals surface area (Å²) in [5, 5.41) is 7.38. The predicted octanol–water partition coefficient (Wildman–Crippen LogP) is 2.89. The zero-order chi connectivity index (χ0) is 19.5. The first-order valence-electron chi connectivity index (χ1n) is 9.47. The quantitative estimate of drug-likeness (QED) is 0.421. The summed E-state index contributed by atoms with van der Waals surface area (Å²) in [5.41, 5.74) is 0. The average molecular weight is 397 g/mol. The number of nitrogens with one attached hydrogen (secondary N) is 2. The van der Waals surface area contributed by atoms with Crippen molar-refractivity contribution in [2.24, 2.45) is 4.99 Å². The second kappa shape index (κ2) is 11.5. The van der Waals surface area contributed by atoms with E-state index in [1.54, 1.807) is 17.0 Å². The van der Waals surface area contributed by atoms with Crippen LogP contribution in [0.5, 0.6) is 5.75 Å². The van der Waals surface area contributed by atoms with Crippen LogP contribution in [0.3, 0.4) is 0 Å². The number of aliphatic imine (C=N–C) groups is 1. The van der Waals surface area contributed by atoms with E-state index in [-0.39, 0.29) is 12.1 Å². The number of likely N-dealkylation sites (tertiary alicyclic amines) is 1. The minimum atomic E-state index is -0.226. The van der Waals surface area contributed by atoms with E-state index in [4.69, 9.17) is 21.1 Å². The minimum Gasteiger partial charge on any atom is -0.492 e. The molecule has 0 aliphatic carbocycles. The van der Waals surface area contributed by atoms with E-state index in [0.717, 1.165) is 31.1 Å². The van der Waals surface area contributed by atoms with Crippen molar-refractivity contribution in [3.8, 4) is 5.75 Å². The molecule has 0 atom stereocenters. The Morgan fingerprint density at radius 3 is 2.59 bits per heavy atom. The number of halogens is 1. The smallest absolute Gasteiger partial charge is 0.409 e. The van der Waals surface area contributed by atoms with E-state index in [9.17, 15) is 4.79 Å². The van der Waals surface area contributed by atoms with Gasteiger partial charge >= 0.3 is 6.09 Å². The van der Waals surface area contributed by atoms with Gasteiger partial charge in [-0.05, 0) is 51.0 Å². The van der Waals surface area contributed by atoms with Gasteiger partial charge in [0.2, 0.25) is 0 Å². The lowest BCUT2D eigenvalue weighted by Crippen LogP contribution is -2.50. The summed E-state index contributed by atoms with van der Waals surface area (Å²) < 4.78 is 10.7. The topological polar surface area (TPSA) is 75.2 Å². The van der Waals surface area contributed by atoms with E-state index in [2.05, 4.69) is 15.6 Å². The number of ether oxygens (including phenoxy) is 2. The molecule has 0 saturated carbocycles. The maximum Gasteiger partial charge on any atom is 0.409 e. The summed E-state index contributed by atoms with van der Waals surface area (Å²) in [4.78, 5) is 18.1. The Morgan fingerprint density at radius 2 is 1.96 bits per heavy atom. The summed E-state index contributed by atoms with van der Waals surface area (Å²) in [6.45, 7) is 7.45. The molecule has 7 nitrogen and oxygen atoms in total. The molecule has 0 spiro atoms. The van der Waals surface area contributed by atoms with Crippen molar-refractivity contribution in [2.75, 3.05) is 39.4 Å². The number of rotatable bonds is 7. The first kappa shape index (κ1) is 21.2. The molecule has 0 unspecified atom stereocenters. The van der Waals surface area contributed by atoms with Crippen molar-refractivity contribution in [2.45, 2.75) is 32.7 Å². The molecule has 1 aromatic rings. The highest BCUT2D eigenvalue weighted by molar-refractivity contribution is 6.30. The number of carbonyl (C=O) groups excluding carboxylic acids is 1. The standard InChI is InChI=1S/C19H29ClN4O3/c1-3-21-18(22-11-14-27-17-7-5-15(20)6-8-17)23-16-9-12-24(13-10-16)19(25)26-4-2/h5-8,16H,3-4,9-14H2,1-2H3,(H2,21,22,23). The van der Waals surface area contributed by atoms with Crippen LogP contribution in [0.2, 0.25) is 5.02 Å². The van der Waals surface area contributed by atoms with Crippen LogP contribution in [0.4, 0.5) is 4.79 Å². The van der Waals surface area contributed by atoms with Crippen molar-refractivity contribution in [1.82, 2.24) is 15.5 Å². The molecule has 2 rings (SSSR count). The summed E-state index contributed by atoms with van der Waals surface area (Å²) in [7, 11) is 0. The summed E-state index contributed by atoms with van der Waals surface area (Å²) in [6.07, 6.45) is 1.51. The van der Waals surface area contributed by atoms with Crippen LogP contribution in [0.25, 0.3) is 0 Å². The third kappa shape index (κ3) is 7.54. The Balaban J connectivity index is 1.75. The Kier molecular flexibility index (Phi) is 9.04. The van der Waals surface area contributed by atoms with Gasteiger partial charge in [-0.25, -0.2) is 9.79 Å². The number of guanidine groups is 1. The molecule has 0 radical (unpaired) electrons. The van der Waals surface area contributed by atoms with Gasteiger partial charge in [0, 0.05) is 30.7 Å². The van der Waals surface area contributed by atoms with Crippen LogP contribution in [-0.4, -0.2) is 62.4 Å². The predicted molar refractivity (Wildman–Crippen MR) is 108 cm³/mol. The number of piperidine rings is 1. The van der Waals surface area contributed by atoms with Crippen molar-refractivity contribution in [1.29, 1.82) is 0 Å². The molecule has 0 bridgehead atoms. The van der Waals surface area contributed by atoms with Crippen molar-refractivity contribution in [3.05, 3.63) is 29.3 Å². The Labute approximate surface area is 166 Å². The average Bonchev–Trinajstić information content (AvgIpc) is 2.67. The highest BCUT2D eigenvalue weighted by atomic mass is 35.5. The van der Waals surface area contributed by atoms with Crippen LogP contribution >= 0.6 is 11.6 Å². The highest BCUT2D eigenvalue weighted by Crippen LogP contribution is 2.15. The Hall–Kier alpha value is -2.15. The first-order valence-corrected chi connectivity index (χ1v) is 9.85. The first-order chi connectivity index (χ1) is 13.1. The van der Waals surface area contributed by atoms with Crippen LogP contribution in [0.1, 0.15) is 26.7 Å². The molecule has 1 aromatic carbocycles. The molecule has 27 heavy (non-hydrogen) atoms. The van der Waals surface area contributed by atoms with Gasteiger partial charge in [-0.2, -0.15) is 0 Å². The monoisotopic (exact) mass is 396 g/mol. The zero-order valence-corrected chi connectivity index (χ0v) is 16.8. The number of benzene rings is 1. The maximum atomic E-state index is 11.8. The largest absolute Gasteiger partial charge is 0.492 e. The number of nitrogens with zero attached hydrogens (tertiary/aromatic N) is 2. The second-order valence-electron chi connectivity index (χ2n) is 6.17. The van der Waals surface area contributed by atoms with E-state index in [0.29, 0.717) is 37.9 Å². The number of hydrogen-bond acceptors (Lipinski definition) is 4. The molecular weight excluding hydrogens is 368 g/mol. The zero-order valence-electron chi connectivity index (χ0n) is 16.0. The lowest BCUT2D eigenvalue weighted by molar-refractivity contribution is 0.0963. The fourth-order valence-corrected chi connectivity index (χ4v) is 2.91. The molecule has 0 aromatic heterocycles. The van der Waals surface area contributed by atoms with Gasteiger partial charge < -0.3 is 25.0 Å². The molecule has 1 fully saturated rings. The van der Waals surface area contributed by atoms with Gasteiger partial charge in [0.15, 0.2) is 5.96 Å². The third-order valence-corrected chi connectivity index (χ3v) is 4.40. The van der Waals surface area contributed by atoms with Gasteiger partial charge in [0.1, 0.15) is 12.4 Å². The normalized spacial score (nSPS) is 15.4. The van der Waals surface area contributed by atoms with E-state index < -0.39 is 0 Å². The summed E-state index contributed by atoms with van der Waals surface area (Å²) in [6, 6.07) is 7.56. The van der Waals surface area contributed by atoms with Crippen molar-refractivity contribution < 1.29 is 14.3 Å². The molecular formula is C19H29ClN4O3. The van der Waals surface area contributed by atoms with Gasteiger partial charge in [-0.1, -0.05) is 11.6 Å². The van der Waals surface area contributed by atoms with Crippen LogP contribution < -0.4 is 15.4 Å². The summed E-state index contributed by atoms with van der Waals surface area (Å²) in [5.74, 6) is 1.55. The van der Waals surface area contributed by atoms with Crippen LogP contribution in [0, 0.1) is 0 Å². The SMILES string of the molecule is CCNC(=NCCOc1ccc(Cl)cc1)NC1CCN(C(=O)OCC)CC1. The van der Waals surface area contributed by atoms with Gasteiger partial charge in [-0.3, -0.25) is 0 Å². The van der Waals surface area contributed by atoms with Gasteiger partial charge in [0.25, 0.3) is 0 Å². The maximum absolute atomic E-state index is 11.8. The second-order valence-corrected chi connectivity index (χ2v) is 6.60. The fourth-order valence-electron chi connectivity index (χ4n) is 2.79. The van der Waals surface area contributed by atoms with Crippen molar-refractivity contribution >= 4 is 23.7 Å². The molecule has 1 aliphatic rings. The molecule has 1 heterocycles. The molecule has 1 saturated heterocycles. The molecule has 150 valence electrons. The lowest BCUT2D eigenvalue weighted by Gasteiger charge is -2.32. The van der Waals surface area contributed by atoms with Crippen LogP contribution in [-0.2, 0) is 4.74 Å². The van der Waals surface area contributed by atoms with Gasteiger partial charge in [-0.15, -0.1) is 0 Å². The third-order valence-electron chi connectivity index (χ3n) is 4.15. The molecule has 1 aliphatic heterocycles. The minimum absolute atomic E-state index is 0.226. The fraction of sp³-hybridized carbons (Fsp3) is 0.579. The summed E-state index contributed by atoms with van der Waals surface area (Å²) >= 11 is 5.86. The molecule has 1 amide bonds. The Bertz CT molecular complexity index is 601. The van der Waals surface area contributed by atoms with E-state index in [1.807, 2.05) is 26.0 Å². The van der Waals surface area contributed by atoms with Crippen LogP contribution in [0.15, 0.2) is 29.3 Å². The Morgan fingerprint density at radius 1 is 1.26 bits per heavy atom. The van der Waals surface area contributed by atoms with E-state index in [1.165, 1.54) is 0 Å². The molecule has 2 N–H and O–H groups in total. The number of hydrogen-bond donors (Lipinski definition) is 2. The molecule has 8 heteroatoms. The number of amides is 1. The van der Waals surface area contributed by atoms with Crippen molar-refractivity contribution in [3.63, 3.8) is 0 Å². The number of carbonyl (C=O) groups is 1. The van der Waals surface area contributed by atoms with Gasteiger partial charge in [0.05, 0.1) is 13.2 Å².